The molecule has 0 aliphatic carbocycles. The highest BCUT2D eigenvalue weighted by Gasteiger charge is 2.40. The average Bonchev–Trinajstić information content (AvgIpc) is 2.93. The molecule has 32 heavy (non-hydrogen) atoms. The Kier molecular flexibility index (Phi) is 5.02. The van der Waals surface area contributed by atoms with Crippen LogP contribution in [0.15, 0.2) is 70.7 Å². The monoisotopic (exact) mass is 549 g/mol. The quantitative estimate of drug-likeness (QED) is 0.308. The third-order valence-electron chi connectivity index (χ3n) is 5.60. The molecule has 1 N–H and O–H groups in total. The molecule has 0 unspecified atom stereocenters. The summed E-state index contributed by atoms with van der Waals surface area (Å²) in [6, 6.07) is 12.1. The van der Waals surface area contributed by atoms with Crippen LogP contribution in [0.4, 0.5) is 0 Å². The Bertz CT molecular complexity index is 1580. The van der Waals surface area contributed by atoms with E-state index in [0.29, 0.717) is 26.3 Å². The fourth-order valence-electron chi connectivity index (χ4n) is 4.15. The summed E-state index contributed by atoms with van der Waals surface area (Å²) >= 11 is 17.2. The van der Waals surface area contributed by atoms with Gasteiger partial charge in [0.05, 0.1) is 5.69 Å². The van der Waals surface area contributed by atoms with Gasteiger partial charge in [-0.3, -0.25) is 9.36 Å². The van der Waals surface area contributed by atoms with Gasteiger partial charge in [0.15, 0.2) is 5.75 Å². The Morgan fingerprint density at radius 2 is 1.84 bits per heavy atom. The van der Waals surface area contributed by atoms with Gasteiger partial charge < -0.3 is 9.52 Å². The molecule has 0 spiro atoms. The molecule has 2 aromatic heterocycles. The zero-order valence-electron chi connectivity index (χ0n) is 16.7. The van der Waals surface area contributed by atoms with E-state index in [0.717, 1.165) is 21.8 Å². The third-order valence-corrected chi connectivity index (χ3v) is 8.21. The van der Waals surface area contributed by atoms with Crippen LogP contribution in [0.25, 0.3) is 16.7 Å². The van der Waals surface area contributed by atoms with Crippen molar-refractivity contribution in [3.8, 4) is 11.4 Å². The second kappa shape index (κ2) is 7.42. The van der Waals surface area contributed by atoms with E-state index in [2.05, 4.69) is 15.9 Å². The summed E-state index contributed by atoms with van der Waals surface area (Å²) in [5.41, 5.74) is -0.0137. The zero-order valence-corrected chi connectivity index (χ0v) is 20.6. The first-order valence-corrected chi connectivity index (χ1v) is 11.9. The smallest absolute Gasteiger partial charge is 0.354 e. The maximum absolute atomic E-state index is 13.6. The molecule has 3 heterocycles. The number of rotatable bonds is 2. The van der Waals surface area contributed by atoms with E-state index < -0.39 is 22.3 Å². The normalized spacial score (nSPS) is 13.9. The van der Waals surface area contributed by atoms with Crippen LogP contribution in [0, 0.1) is 0 Å². The van der Waals surface area contributed by atoms with Crippen LogP contribution >= 0.6 is 50.9 Å². The van der Waals surface area contributed by atoms with Gasteiger partial charge in [-0.2, -0.15) is 0 Å². The van der Waals surface area contributed by atoms with Crippen molar-refractivity contribution in [3.63, 3.8) is 0 Å². The molecule has 0 amide bonds. The summed E-state index contributed by atoms with van der Waals surface area (Å²) in [5, 5.41) is 11.8. The standard InChI is InChI=1S/C23H14BrCl2NO4S/c1-23(2)16-9-14-17(21(29)27(16)13-8-10(25)7-12(26)18(13)23)19(28)20(22(30)31-14)32-15-6-4-3-5-11(15)24/h3-9,28H,1-2H3. The predicted octanol–water partition coefficient (Wildman–Crippen LogP) is 6.51. The van der Waals surface area contributed by atoms with Gasteiger partial charge in [0.2, 0.25) is 0 Å². The molecule has 0 saturated carbocycles. The Morgan fingerprint density at radius 3 is 2.56 bits per heavy atom. The highest BCUT2D eigenvalue weighted by Crippen LogP contribution is 2.47. The number of hydrogen-bond acceptors (Lipinski definition) is 5. The zero-order chi connectivity index (χ0) is 22.9. The fourth-order valence-corrected chi connectivity index (χ4v) is 6.25. The molecule has 0 atom stereocenters. The molecule has 162 valence electrons. The van der Waals surface area contributed by atoms with E-state index in [1.807, 2.05) is 26.0 Å². The van der Waals surface area contributed by atoms with Crippen molar-refractivity contribution in [2.45, 2.75) is 29.1 Å². The van der Waals surface area contributed by atoms with E-state index in [1.165, 1.54) is 4.57 Å². The number of aromatic hydroxyl groups is 1. The van der Waals surface area contributed by atoms with Crippen molar-refractivity contribution < 1.29 is 9.52 Å². The predicted molar refractivity (Wildman–Crippen MR) is 130 cm³/mol. The molecule has 1 aliphatic rings. The molecule has 0 fully saturated rings. The summed E-state index contributed by atoms with van der Waals surface area (Å²) < 4.78 is 7.73. The maximum Gasteiger partial charge on any atom is 0.354 e. The highest BCUT2D eigenvalue weighted by molar-refractivity contribution is 9.10. The Morgan fingerprint density at radius 1 is 1.12 bits per heavy atom. The number of halogens is 3. The average molecular weight is 551 g/mol. The minimum absolute atomic E-state index is 0.0170. The highest BCUT2D eigenvalue weighted by atomic mass is 79.9. The molecule has 5 rings (SSSR count). The van der Waals surface area contributed by atoms with Crippen LogP contribution in [0.1, 0.15) is 25.1 Å². The van der Waals surface area contributed by atoms with Crippen LogP contribution in [0.3, 0.4) is 0 Å². The Labute approximate surface area is 204 Å². The van der Waals surface area contributed by atoms with E-state index in [-0.39, 0.29) is 15.9 Å². The third kappa shape index (κ3) is 3.06. The molecule has 0 saturated heterocycles. The first kappa shape index (κ1) is 21.6. The van der Waals surface area contributed by atoms with Gasteiger partial charge in [0.1, 0.15) is 15.9 Å². The van der Waals surface area contributed by atoms with Gasteiger partial charge in [-0.05, 0) is 40.2 Å². The first-order valence-electron chi connectivity index (χ1n) is 9.50. The number of aromatic nitrogens is 1. The largest absolute Gasteiger partial charge is 0.505 e. The van der Waals surface area contributed by atoms with E-state index in [4.69, 9.17) is 27.6 Å². The molecular formula is C23H14BrCl2NO4S. The fraction of sp³-hybridized carbons (Fsp3) is 0.130. The summed E-state index contributed by atoms with van der Waals surface area (Å²) in [6.45, 7) is 3.84. The number of pyridine rings is 1. The van der Waals surface area contributed by atoms with Gasteiger partial charge in [0, 0.05) is 42.2 Å². The molecule has 4 aromatic rings. The molecule has 0 radical (unpaired) electrons. The van der Waals surface area contributed by atoms with Gasteiger partial charge in [-0.15, -0.1) is 0 Å². The van der Waals surface area contributed by atoms with Crippen LogP contribution in [-0.2, 0) is 5.41 Å². The van der Waals surface area contributed by atoms with Gasteiger partial charge >= 0.3 is 5.63 Å². The molecule has 9 heteroatoms. The molecule has 5 nitrogen and oxygen atoms in total. The van der Waals surface area contributed by atoms with Crippen molar-refractivity contribution in [1.29, 1.82) is 0 Å². The minimum atomic E-state index is -0.727. The van der Waals surface area contributed by atoms with Gasteiger partial charge in [0.25, 0.3) is 5.56 Å². The summed E-state index contributed by atoms with van der Waals surface area (Å²) in [6.07, 6.45) is 0. The first-order chi connectivity index (χ1) is 15.1. The summed E-state index contributed by atoms with van der Waals surface area (Å²) in [4.78, 5) is 27.0. The lowest BCUT2D eigenvalue weighted by Gasteiger charge is -2.21. The van der Waals surface area contributed by atoms with E-state index >= 15 is 0 Å². The van der Waals surface area contributed by atoms with Crippen molar-refractivity contribution in [3.05, 3.63) is 89.0 Å². The number of hydrogen-bond donors (Lipinski definition) is 1. The summed E-state index contributed by atoms with van der Waals surface area (Å²) in [7, 11) is 0. The lowest BCUT2D eigenvalue weighted by atomic mass is 9.83. The second-order valence-electron chi connectivity index (χ2n) is 7.92. The van der Waals surface area contributed by atoms with Crippen LogP contribution < -0.4 is 11.2 Å². The molecule has 2 aromatic carbocycles. The lowest BCUT2D eigenvalue weighted by molar-refractivity contribution is 0.445. The summed E-state index contributed by atoms with van der Waals surface area (Å²) in [5.74, 6) is -0.420. The van der Waals surface area contributed by atoms with Crippen LogP contribution in [0.5, 0.6) is 5.75 Å². The molecular weight excluding hydrogens is 537 g/mol. The van der Waals surface area contributed by atoms with Crippen molar-refractivity contribution in [2.75, 3.05) is 0 Å². The van der Waals surface area contributed by atoms with Crippen LogP contribution in [0.2, 0.25) is 10.0 Å². The van der Waals surface area contributed by atoms with Crippen molar-refractivity contribution in [2.24, 2.45) is 0 Å². The topological polar surface area (TPSA) is 72.4 Å². The lowest BCUT2D eigenvalue weighted by Crippen LogP contribution is -2.24. The van der Waals surface area contributed by atoms with Crippen molar-refractivity contribution >= 4 is 61.9 Å². The minimum Gasteiger partial charge on any atom is -0.505 e. The number of nitrogens with zero attached hydrogens (tertiary/aromatic N) is 1. The SMILES string of the molecule is CC1(C)c2c(Cl)cc(Cl)cc2-n2c1cc1oc(=O)c(Sc3ccccc3Br)c(O)c1c2=O. The Hall–Kier alpha value is -2.19. The van der Waals surface area contributed by atoms with Gasteiger partial charge in [-0.1, -0.05) is 60.9 Å². The molecule has 1 aliphatic heterocycles. The molecule has 0 bridgehead atoms. The number of fused-ring (bicyclic) bond motifs is 4. The van der Waals surface area contributed by atoms with Gasteiger partial charge in [-0.25, -0.2) is 4.79 Å². The maximum atomic E-state index is 13.6. The van der Waals surface area contributed by atoms with Crippen LogP contribution in [-0.4, -0.2) is 9.67 Å². The second-order valence-corrected chi connectivity index (χ2v) is 10.7. The van der Waals surface area contributed by atoms with E-state index in [1.54, 1.807) is 30.3 Å². The van der Waals surface area contributed by atoms with Crippen molar-refractivity contribution in [1.82, 2.24) is 4.57 Å². The van der Waals surface area contributed by atoms with E-state index in [9.17, 15) is 14.7 Å². The number of benzene rings is 2. The Balaban J connectivity index is 1.84.